The smallest absolute Gasteiger partial charge is 0.248 e. The van der Waals surface area contributed by atoms with Crippen molar-refractivity contribution < 1.29 is 4.74 Å². The number of likely N-dealkylation sites (N-methyl/N-ethyl adjacent to an activating group) is 1. The van der Waals surface area contributed by atoms with Crippen molar-refractivity contribution in [3.8, 4) is 0 Å². The van der Waals surface area contributed by atoms with Gasteiger partial charge in [0, 0.05) is 45.2 Å². The number of aromatic amines is 1. The molecule has 0 unspecified atom stereocenters. The quantitative estimate of drug-likeness (QED) is 0.809. The van der Waals surface area contributed by atoms with Crippen molar-refractivity contribution in [3.05, 3.63) is 46.5 Å². The van der Waals surface area contributed by atoms with Crippen molar-refractivity contribution in [2.75, 3.05) is 51.1 Å². The third-order valence-electron chi connectivity index (χ3n) is 4.73. The predicted octanol–water partition coefficient (Wildman–Crippen LogP) is 0.567. The van der Waals surface area contributed by atoms with Gasteiger partial charge in [-0.05, 0) is 26.2 Å². The van der Waals surface area contributed by atoms with Gasteiger partial charge in [0.1, 0.15) is 5.82 Å². The zero-order valence-corrected chi connectivity index (χ0v) is 15.7. The Morgan fingerprint density at radius 2 is 2.08 bits per heavy atom. The van der Waals surface area contributed by atoms with Crippen molar-refractivity contribution in [2.24, 2.45) is 0 Å². The summed E-state index contributed by atoms with van der Waals surface area (Å²) >= 11 is 0. The highest BCUT2D eigenvalue weighted by molar-refractivity contribution is 5.45. The molecule has 8 nitrogen and oxygen atoms in total. The summed E-state index contributed by atoms with van der Waals surface area (Å²) in [6, 6.07) is 7.38. The fraction of sp³-hybridized carbons (Fsp3) is 0.500. The van der Waals surface area contributed by atoms with Crippen LogP contribution in [0.1, 0.15) is 5.69 Å². The van der Waals surface area contributed by atoms with Crippen molar-refractivity contribution in [1.29, 1.82) is 0 Å². The molecule has 0 aliphatic carbocycles. The van der Waals surface area contributed by atoms with E-state index in [4.69, 9.17) is 9.72 Å². The number of H-pyrrole nitrogens is 1. The monoisotopic (exact) mass is 358 g/mol. The van der Waals surface area contributed by atoms with Crippen molar-refractivity contribution in [3.63, 3.8) is 0 Å². The maximum Gasteiger partial charge on any atom is 0.248 e. The Morgan fingerprint density at radius 1 is 1.27 bits per heavy atom. The van der Waals surface area contributed by atoms with Crippen LogP contribution in [-0.2, 0) is 11.3 Å². The summed E-state index contributed by atoms with van der Waals surface area (Å²) < 4.78 is 5.63. The lowest BCUT2D eigenvalue weighted by Crippen LogP contribution is -2.39. The van der Waals surface area contributed by atoms with Gasteiger partial charge in [0.05, 0.1) is 18.7 Å². The van der Waals surface area contributed by atoms with Crippen LogP contribution < -0.4 is 15.4 Å². The number of nitrogens with zero attached hydrogens (tertiary/aromatic N) is 5. The van der Waals surface area contributed by atoms with Crippen LogP contribution >= 0.6 is 0 Å². The second-order valence-corrected chi connectivity index (χ2v) is 6.82. The minimum absolute atomic E-state index is 0.108. The average Bonchev–Trinajstić information content (AvgIpc) is 3.06. The highest BCUT2D eigenvalue weighted by Gasteiger charge is 2.35. The highest BCUT2D eigenvalue weighted by atomic mass is 16.5. The van der Waals surface area contributed by atoms with Gasteiger partial charge in [-0.3, -0.25) is 4.79 Å². The maximum absolute atomic E-state index is 11.5. The Balaban J connectivity index is 1.75. The van der Waals surface area contributed by atoms with E-state index >= 15 is 0 Å². The standard InChI is InChI=1S/C18H26N6O2/c1-22(2)14-11-24(12-15(14)26-4)16-8-9-19-18(21-16)23(3)10-13-6-5-7-17(25)20-13/h5-9,14-15H,10-12H2,1-4H3,(H,20,25)/t14-,15+/m0/s1. The van der Waals surface area contributed by atoms with Gasteiger partial charge in [-0.15, -0.1) is 0 Å². The first kappa shape index (κ1) is 18.3. The number of hydrogen-bond donors (Lipinski definition) is 1. The van der Waals surface area contributed by atoms with E-state index in [1.165, 1.54) is 6.07 Å². The topological polar surface area (TPSA) is 77.6 Å². The Kier molecular flexibility index (Phi) is 5.53. The second-order valence-electron chi connectivity index (χ2n) is 6.82. The van der Waals surface area contributed by atoms with Crippen LogP contribution in [0.2, 0.25) is 0 Å². The first-order chi connectivity index (χ1) is 12.5. The first-order valence-corrected chi connectivity index (χ1v) is 8.64. The molecule has 0 aromatic carbocycles. The molecule has 140 valence electrons. The fourth-order valence-corrected chi connectivity index (χ4v) is 3.28. The second kappa shape index (κ2) is 7.84. The van der Waals surface area contributed by atoms with Crippen molar-refractivity contribution >= 4 is 11.8 Å². The summed E-state index contributed by atoms with van der Waals surface area (Å²) in [6.45, 7) is 2.18. The molecule has 2 aromatic rings. The lowest BCUT2D eigenvalue weighted by Gasteiger charge is -2.23. The summed E-state index contributed by atoms with van der Waals surface area (Å²) in [4.78, 5) is 29.7. The number of anilines is 2. The van der Waals surface area contributed by atoms with Crippen LogP contribution in [0.15, 0.2) is 35.3 Å². The van der Waals surface area contributed by atoms with E-state index < -0.39 is 0 Å². The maximum atomic E-state index is 11.5. The lowest BCUT2D eigenvalue weighted by atomic mass is 10.2. The molecule has 26 heavy (non-hydrogen) atoms. The molecule has 1 fully saturated rings. The highest BCUT2D eigenvalue weighted by Crippen LogP contribution is 2.23. The third-order valence-corrected chi connectivity index (χ3v) is 4.73. The van der Waals surface area contributed by atoms with E-state index in [1.54, 1.807) is 19.4 Å². The minimum Gasteiger partial charge on any atom is -0.378 e. The van der Waals surface area contributed by atoms with E-state index in [1.807, 2.05) is 24.1 Å². The van der Waals surface area contributed by atoms with E-state index in [9.17, 15) is 4.79 Å². The Morgan fingerprint density at radius 3 is 2.73 bits per heavy atom. The summed E-state index contributed by atoms with van der Waals surface area (Å²) in [5, 5.41) is 0. The van der Waals surface area contributed by atoms with Gasteiger partial charge in [-0.2, -0.15) is 4.98 Å². The van der Waals surface area contributed by atoms with Gasteiger partial charge in [0.2, 0.25) is 11.5 Å². The summed E-state index contributed by atoms with van der Waals surface area (Å²) in [6.07, 6.45) is 1.92. The summed E-state index contributed by atoms with van der Waals surface area (Å²) in [7, 11) is 7.81. The van der Waals surface area contributed by atoms with E-state index in [-0.39, 0.29) is 11.7 Å². The van der Waals surface area contributed by atoms with Gasteiger partial charge < -0.3 is 24.4 Å². The van der Waals surface area contributed by atoms with Crippen molar-refractivity contribution in [2.45, 2.75) is 18.7 Å². The SMILES string of the molecule is CO[C@@H]1CN(c2ccnc(N(C)Cc3cccc(=O)[nH]3)n2)C[C@@H]1N(C)C. The zero-order chi connectivity index (χ0) is 18.7. The fourth-order valence-electron chi connectivity index (χ4n) is 3.28. The molecule has 1 aliphatic heterocycles. The number of nitrogens with one attached hydrogen (secondary N) is 1. The lowest BCUT2D eigenvalue weighted by molar-refractivity contribution is 0.0639. The molecule has 0 amide bonds. The van der Waals surface area contributed by atoms with E-state index in [0.29, 0.717) is 18.5 Å². The zero-order valence-electron chi connectivity index (χ0n) is 15.7. The first-order valence-electron chi connectivity index (χ1n) is 8.64. The molecule has 1 N–H and O–H groups in total. The normalized spacial score (nSPS) is 20.0. The largest absolute Gasteiger partial charge is 0.378 e. The van der Waals surface area contributed by atoms with E-state index in [2.05, 4.69) is 33.9 Å². The van der Waals surface area contributed by atoms with Gasteiger partial charge in [-0.25, -0.2) is 4.98 Å². The van der Waals surface area contributed by atoms with E-state index in [0.717, 1.165) is 24.6 Å². The molecule has 2 aromatic heterocycles. The predicted molar refractivity (Wildman–Crippen MR) is 102 cm³/mol. The van der Waals surface area contributed by atoms with Crippen LogP contribution in [0.3, 0.4) is 0 Å². The number of pyridine rings is 1. The molecule has 3 rings (SSSR count). The molecule has 1 aliphatic rings. The summed E-state index contributed by atoms with van der Waals surface area (Å²) in [5.41, 5.74) is 0.713. The van der Waals surface area contributed by atoms with Crippen LogP contribution in [-0.4, -0.2) is 73.3 Å². The summed E-state index contributed by atoms with van der Waals surface area (Å²) in [5.74, 6) is 1.50. The van der Waals surface area contributed by atoms with Crippen LogP contribution in [0.5, 0.6) is 0 Å². The molecule has 2 atom stereocenters. The average molecular weight is 358 g/mol. The molecule has 1 saturated heterocycles. The van der Waals surface area contributed by atoms with Gasteiger partial charge in [0.25, 0.3) is 0 Å². The number of hydrogen-bond acceptors (Lipinski definition) is 7. The molecule has 0 radical (unpaired) electrons. The Labute approximate surface area is 153 Å². The molecule has 0 bridgehead atoms. The van der Waals surface area contributed by atoms with Crippen LogP contribution in [0.25, 0.3) is 0 Å². The third kappa shape index (κ3) is 4.03. The molecule has 8 heteroatoms. The van der Waals surface area contributed by atoms with Crippen molar-refractivity contribution in [1.82, 2.24) is 19.9 Å². The van der Waals surface area contributed by atoms with Crippen LogP contribution in [0, 0.1) is 0 Å². The Hall–Kier alpha value is -2.45. The number of aromatic nitrogens is 3. The number of rotatable bonds is 6. The molecular weight excluding hydrogens is 332 g/mol. The van der Waals surface area contributed by atoms with Crippen LogP contribution in [0.4, 0.5) is 11.8 Å². The Bertz CT molecular complexity index is 793. The number of methoxy groups -OCH3 is 1. The van der Waals surface area contributed by atoms with Gasteiger partial charge in [-0.1, -0.05) is 6.07 Å². The molecule has 0 saturated carbocycles. The van der Waals surface area contributed by atoms with Gasteiger partial charge >= 0.3 is 0 Å². The molecule has 3 heterocycles. The van der Waals surface area contributed by atoms with Gasteiger partial charge in [0.15, 0.2) is 0 Å². The minimum atomic E-state index is -0.108. The molecule has 0 spiro atoms. The molecular formula is C18H26N6O2. The number of ether oxygens (including phenoxy) is 1.